The van der Waals surface area contributed by atoms with Gasteiger partial charge in [-0.05, 0) is 67.0 Å². The molecule has 0 saturated carbocycles. The van der Waals surface area contributed by atoms with Crippen LogP contribution in [-0.4, -0.2) is 53.0 Å². The zero-order chi connectivity index (χ0) is 22.4. The van der Waals surface area contributed by atoms with Crippen molar-refractivity contribution in [1.82, 2.24) is 9.80 Å². The molecule has 1 fully saturated rings. The lowest BCUT2D eigenvalue weighted by Gasteiger charge is -2.23. The number of ether oxygens (including phenoxy) is 1. The smallest absolute Gasteiger partial charge is 0.251 e. The Labute approximate surface area is 193 Å². The van der Waals surface area contributed by atoms with Gasteiger partial charge >= 0.3 is 0 Å². The van der Waals surface area contributed by atoms with Crippen molar-refractivity contribution in [3.05, 3.63) is 59.1 Å². The molecule has 1 N–H and O–H groups in total. The number of nitrogens with one attached hydrogen (secondary N) is 1. The van der Waals surface area contributed by atoms with Crippen LogP contribution in [0.1, 0.15) is 25.3 Å². The highest BCUT2D eigenvalue weighted by atomic mass is 35.5. The number of anilines is 1. The van der Waals surface area contributed by atoms with E-state index in [1.165, 1.54) is 4.90 Å². The third-order valence-electron chi connectivity index (χ3n) is 5.07. The van der Waals surface area contributed by atoms with Gasteiger partial charge in [0.25, 0.3) is 5.91 Å². The maximum Gasteiger partial charge on any atom is 0.251 e. The van der Waals surface area contributed by atoms with Crippen LogP contribution in [0.25, 0.3) is 0 Å². The summed E-state index contributed by atoms with van der Waals surface area (Å²) in [4.78, 5) is 28.6. The minimum Gasteiger partial charge on any atom is -0.494 e. The third kappa shape index (κ3) is 5.95. The van der Waals surface area contributed by atoms with Gasteiger partial charge in [0.1, 0.15) is 11.8 Å². The lowest BCUT2D eigenvalue weighted by atomic mass is 10.1. The summed E-state index contributed by atoms with van der Waals surface area (Å²) in [6, 6.07) is 14.1. The van der Waals surface area contributed by atoms with Crippen LogP contribution in [0.3, 0.4) is 0 Å². The molecule has 1 atom stereocenters. The van der Waals surface area contributed by atoms with E-state index in [4.69, 9.17) is 28.6 Å². The highest BCUT2D eigenvalue weighted by Gasteiger charge is 2.41. The molecular weight excluding hydrogens is 434 g/mol. The van der Waals surface area contributed by atoms with Crippen molar-refractivity contribution in [2.45, 2.75) is 32.2 Å². The van der Waals surface area contributed by atoms with Crippen LogP contribution in [0.2, 0.25) is 5.02 Å². The zero-order valence-electron chi connectivity index (χ0n) is 17.6. The first-order chi connectivity index (χ1) is 14.9. The van der Waals surface area contributed by atoms with Gasteiger partial charge in [0.05, 0.1) is 13.0 Å². The van der Waals surface area contributed by atoms with E-state index in [0.717, 1.165) is 17.7 Å². The number of carbonyl (C=O) groups is 2. The van der Waals surface area contributed by atoms with Crippen LogP contribution in [0.15, 0.2) is 48.5 Å². The van der Waals surface area contributed by atoms with Gasteiger partial charge in [0.2, 0.25) is 5.91 Å². The Morgan fingerprint density at radius 3 is 2.48 bits per heavy atom. The first-order valence-corrected chi connectivity index (χ1v) is 11.0. The van der Waals surface area contributed by atoms with Crippen LogP contribution >= 0.6 is 23.8 Å². The monoisotopic (exact) mass is 459 g/mol. The van der Waals surface area contributed by atoms with Crippen molar-refractivity contribution in [2.75, 3.05) is 25.5 Å². The SMILES string of the molecule is CCCOc1ccc(NC(=O)CC2C(=O)N(C)C(=S)N2CCc2ccc(Cl)cc2)cc1. The minimum absolute atomic E-state index is 0.0258. The molecule has 1 saturated heterocycles. The second-order valence-corrected chi connectivity index (χ2v) is 8.19. The normalized spacial score (nSPS) is 16.0. The summed E-state index contributed by atoms with van der Waals surface area (Å²) in [5, 5.41) is 3.97. The topological polar surface area (TPSA) is 61.9 Å². The molecule has 1 aliphatic rings. The number of nitrogens with zero attached hydrogens (tertiary/aromatic N) is 2. The van der Waals surface area contributed by atoms with E-state index in [0.29, 0.717) is 35.4 Å². The summed E-state index contributed by atoms with van der Waals surface area (Å²) < 4.78 is 5.55. The minimum atomic E-state index is -0.614. The maximum atomic E-state index is 12.7. The molecule has 0 aliphatic carbocycles. The molecule has 164 valence electrons. The summed E-state index contributed by atoms with van der Waals surface area (Å²) in [5.41, 5.74) is 1.74. The molecule has 8 heteroatoms. The van der Waals surface area contributed by atoms with E-state index < -0.39 is 6.04 Å². The van der Waals surface area contributed by atoms with Gasteiger partial charge in [-0.3, -0.25) is 14.5 Å². The number of amides is 2. The van der Waals surface area contributed by atoms with Crippen molar-refractivity contribution in [2.24, 2.45) is 0 Å². The van der Waals surface area contributed by atoms with Crippen molar-refractivity contribution in [1.29, 1.82) is 0 Å². The van der Waals surface area contributed by atoms with Crippen LogP contribution in [0.5, 0.6) is 5.75 Å². The number of hydrogen-bond acceptors (Lipinski definition) is 4. The molecule has 0 aromatic heterocycles. The van der Waals surface area contributed by atoms with Gasteiger partial charge in [-0.25, -0.2) is 0 Å². The molecule has 2 aromatic carbocycles. The number of halogens is 1. The Kier molecular flexibility index (Phi) is 7.87. The van der Waals surface area contributed by atoms with E-state index in [9.17, 15) is 9.59 Å². The molecule has 1 unspecified atom stereocenters. The van der Waals surface area contributed by atoms with Crippen LogP contribution < -0.4 is 10.1 Å². The Hall–Kier alpha value is -2.64. The van der Waals surface area contributed by atoms with Gasteiger partial charge < -0.3 is 15.0 Å². The Morgan fingerprint density at radius 2 is 1.84 bits per heavy atom. The Morgan fingerprint density at radius 1 is 1.16 bits per heavy atom. The first kappa shape index (κ1) is 23.0. The fourth-order valence-corrected chi connectivity index (χ4v) is 3.80. The number of benzene rings is 2. The second-order valence-electron chi connectivity index (χ2n) is 7.39. The molecule has 0 bridgehead atoms. The fourth-order valence-electron chi connectivity index (χ4n) is 3.37. The maximum absolute atomic E-state index is 12.7. The van der Waals surface area contributed by atoms with Gasteiger partial charge in [-0.15, -0.1) is 0 Å². The molecule has 6 nitrogen and oxygen atoms in total. The predicted octanol–water partition coefficient (Wildman–Crippen LogP) is 4.13. The largest absolute Gasteiger partial charge is 0.494 e. The molecule has 0 radical (unpaired) electrons. The molecule has 3 rings (SSSR count). The summed E-state index contributed by atoms with van der Waals surface area (Å²) in [6.07, 6.45) is 1.65. The van der Waals surface area contributed by atoms with Crippen LogP contribution in [0.4, 0.5) is 5.69 Å². The Balaban J connectivity index is 1.61. The molecule has 2 amide bonds. The van der Waals surface area contributed by atoms with Gasteiger partial charge in [-0.1, -0.05) is 30.7 Å². The lowest BCUT2D eigenvalue weighted by molar-refractivity contribution is -0.130. The van der Waals surface area contributed by atoms with E-state index in [-0.39, 0.29) is 18.2 Å². The van der Waals surface area contributed by atoms with Crippen LogP contribution in [0, 0.1) is 0 Å². The van der Waals surface area contributed by atoms with E-state index in [1.807, 2.05) is 48.2 Å². The van der Waals surface area contributed by atoms with Crippen molar-refractivity contribution in [3.63, 3.8) is 0 Å². The first-order valence-electron chi connectivity index (χ1n) is 10.2. The van der Waals surface area contributed by atoms with Crippen LogP contribution in [-0.2, 0) is 16.0 Å². The highest BCUT2D eigenvalue weighted by molar-refractivity contribution is 7.80. The molecule has 1 heterocycles. The lowest BCUT2D eigenvalue weighted by Crippen LogP contribution is -2.39. The standard InChI is InChI=1S/C23H26ClN3O3S/c1-3-14-30-19-10-8-18(9-11-19)25-21(28)15-20-22(29)26(2)23(31)27(20)13-12-16-4-6-17(24)7-5-16/h4-11,20H,3,12-15H2,1-2H3,(H,25,28). The predicted molar refractivity (Wildman–Crippen MR) is 126 cm³/mol. The zero-order valence-corrected chi connectivity index (χ0v) is 19.2. The number of thiocarbonyl (C=S) groups is 1. The van der Waals surface area contributed by atoms with Gasteiger partial charge in [0, 0.05) is 24.3 Å². The van der Waals surface area contributed by atoms with E-state index in [1.54, 1.807) is 19.2 Å². The molecule has 31 heavy (non-hydrogen) atoms. The number of carbonyl (C=O) groups excluding carboxylic acids is 2. The summed E-state index contributed by atoms with van der Waals surface area (Å²) in [6.45, 7) is 3.23. The summed E-state index contributed by atoms with van der Waals surface area (Å²) >= 11 is 11.4. The van der Waals surface area contributed by atoms with Crippen molar-refractivity contribution in [3.8, 4) is 5.75 Å². The molecular formula is C23H26ClN3O3S. The Bertz CT molecular complexity index is 934. The quantitative estimate of drug-likeness (QED) is 0.571. The number of rotatable bonds is 9. The third-order valence-corrected chi connectivity index (χ3v) is 5.83. The molecule has 1 aliphatic heterocycles. The summed E-state index contributed by atoms with van der Waals surface area (Å²) in [7, 11) is 1.65. The number of likely N-dealkylation sites (N-methyl/N-ethyl adjacent to an activating group) is 1. The number of hydrogen-bond donors (Lipinski definition) is 1. The van der Waals surface area contributed by atoms with E-state index in [2.05, 4.69) is 5.32 Å². The average molecular weight is 460 g/mol. The molecule has 0 spiro atoms. The average Bonchev–Trinajstić information content (AvgIpc) is 2.96. The second kappa shape index (κ2) is 10.6. The van der Waals surface area contributed by atoms with Gasteiger partial charge in [0.15, 0.2) is 5.11 Å². The van der Waals surface area contributed by atoms with Crippen molar-refractivity contribution < 1.29 is 14.3 Å². The highest BCUT2D eigenvalue weighted by Crippen LogP contribution is 2.22. The fraction of sp³-hybridized carbons (Fsp3) is 0.348. The summed E-state index contributed by atoms with van der Waals surface area (Å²) in [5.74, 6) is 0.348. The van der Waals surface area contributed by atoms with Crippen molar-refractivity contribution >= 4 is 46.4 Å². The van der Waals surface area contributed by atoms with Gasteiger partial charge in [-0.2, -0.15) is 0 Å². The molecule has 2 aromatic rings. The van der Waals surface area contributed by atoms with E-state index >= 15 is 0 Å².